The van der Waals surface area contributed by atoms with Crippen molar-refractivity contribution in [3.05, 3.63) is 44.7 Å². The molecule has 1 saturated heterocycles. The van der Waals surface area contributed by atoms with Gasteiger partial charge in [0.05, 0.1) is 0 Å². The number of nitrogens with zero attached hydrogens (tertiary/aromatic N) is 3. The van der Waals surface area contributed by atoms with Crippen LogP contribution in [0.5, 0.6) is 0 Å². The first-order valence-corrected chi connectivity index (χ1v) is 10.1. The van der Waals surface area contributed by atoms with Crippen molar-refractivity contribution < 1.29 is 4.79 Å². The number of halogens is 1. The molecule has 126 valence electrons. The fourth-order valence-corrected chi connectivity index (χ4v) is 4.73. The number of thiophene rings is 1. The van der Waals surface area contributed by atoms with Crippen LogP contribution < -0.4 is 4.90 Å². The van der Waals surface area contributed by atoms with Gasteiger partial charge in [0.2, 0.25) is 5.91 Å². The average Bonchev–Trinajstić information content (AvgIpc) is 3.09. The molecule has 0 spiro atoms. The molecule has 1 amide bonds. The summed E-state index contributed by atoms with van der Waals surface area (Å²) >= 11 is 5.24. The summed E-state index contributed by atoms with van der Waals surface area (Å²) in [5, 5.41) is 2.14. The number of carbonyl (C=O) groups excluding carboxylic acids is 1. The molecular weight excluding hydrogens is 386 g/mol. The van der Waals surface area contributed by atoms with E-state index in [-0.39, 0.29) is 5.92 Å². The molecule has 2 aliphatic heterocycles. The van der Waals surface area contributed by atoms with Gasteiger partial charge in [-0.1, -0.05) is 0 Å². The minimum absolute atomic E-state index is 0.164. The third kappa shape index (κ3) is 3.22. The lowest BCUT2D eigenvalue weighted by Crippen LogP contribution is -2.44. The first-order chi connectivity index (χ1) is 11.7. The molecule has 0 saturated carbocycles. The standard InChI is InChI=1S/C18H20BrN3OS/c19-15-1-2-17(20-11-15)21-7-3-13(4-8-21)18(23)22-9-5-16-14(12-22)6-10-24-16/h1-2,6,10-11,13H,3-5,7-9,12H2. The summed E-state index contributed by atoms with van der Waals surface area (Å²) in [7, 11) is 0. The molecule has 4 heterocycles. The summed E-state index contributed by atoms with van der Waals surface area (Å²) in [5.41, 5.74) is 1.34. The lowest BCUT2D eigenvalue weighted by atomic mass is 9.94. The van der Waals surface area contributed by atoms with E-state index < -0.39 is 0 Å². The van der Waals surface area contributed by atoms with Crippen molar-refractivity contribution in [2.24, 2.45) is 5.92 Å². The predicted molar refractivity (Wildman–Crippen MR) is 100 cm³/mol. The Morgan fingerprint density at radius 2 is 2.04 bits per heavy atom. The average molecular weight is 406 g/mol. The van der Waals surface area contributed by atoms with Gasteiger partial charge in [0.25, 0.3) is 0 Å². The van der Waals surface area contributed by atoms with Gasteiger partial charge in [0.15, 0.2) is 0 Å². The summed E-state index contributed by atoms with van der Waals surface area (Å²) < 4.78 is 0.995. The third-order valence-corrected chi connectivity index (χ3v) is 6.49. The van der Waals surface area contributed by atoms with Crippen LogP contribution in [0.15, 0.2) is 34.2 Å². The molecule has 4 rings (SSSR count). The number of amides is 1. The summed E-state index contributed by atoms with van der Waals surface area (Å²) in [5.74, 6) is 1.51. The van der Waals surface area contributed by atoms with Gasteiger partial charge in [0.1, 0.15) is 5.82 Å². The van der Waals surface area contributed by atoms with E-state index in [9.17, 15) is 4.79 Å². The maximum atomic E-state index is 12.9. The number of carbonyl (C=O) groups is 1. The molecule has 2 aromatic rings. The molecule has 0 radical (unpaired) electrons. The Kier molecular flexibility index (Phi) is 4.59. The van der Waals surface area contributed by atoms with E-state index in [1.807, 2.05) is 29.7 Å². The van der Waals surface area contributed by atoms with Gasteiger partial charge in [-0.2, -0.15) is 0 Å². The van der Waals surface area contributed by atoms with E-state index in [1.54, 1.807) is 0 Å². The number of hydrogen-bond acceptors (Lipinski definition) is 4. The Labute approximate surface area is 154 Å². The molecule has 1 fully saturated rings. The SMILES string of the molecule is O=C(C1CCN(c2ccc(Br)cn2)CC1)N1CCc2sccc2C1. The Morgan fingerprint density at radius 3 is 2.79 bits per heavy atom. The van der Waals surface area contributed by atoms with Gasteiger partial charge in [-0.25, -0.2) is 4.98 Å². The highest BCUT2D eigenvalue weighted by Gasteiger charge is 2.30. The number of hydrogen-bond donors (Lipinski definition) is 0. The van der Waals surface area contributed by atoms with Gasteiger partial charge in [0, 0.05) is 47.6 Å². The first kappa shape index (κ1) is 16.1. The fourth-order valence-electron chi connectivity index (χ4n) is 3.61. The van der Waals surface area contributed by atoms with E-state index in [4.69, 9.17) is 0 Å². The molecule has 0 N–H and O–H groups in total. The monoisotopic (exact) mass is 405 g/mol. The molecule has 2 aromatic heterocycles. The second kappa shape index (κ2) is 6.84. The molecule has 0 aromatic carbocycles. The van der Waals surface area contributed by atoms with Crippen molar-refractivity contribution >= 4 is 39.0 Å². The molecule has 0 atom stereocenters. The highest BCUT2D eigenvalue weighted by atomic mass is 79.9. The van der Waals surface area contributed by atoms with E-state index in [1.165, 1.54) is 10.4 Å². The Hall–Kier alpha value is -1.40. The summed E-state index contributed by atoms with van der Waals surface area (Å²) in [4.78, 5) is 23.1. The lowest BCUT2D eigenvalue weighted by Gasteiger charge is -2.36. The zero-order valence-corrected chi connectivity index (χ0v) is 15.9. The van der Waals surface area contributed by atoms with Crippen LogP contribution in [0.1, 0.15) is 23.3 Å². The largest absolute Gasteiger partial charge is 0.357 e. The number of piperidine rings is 1. The van der Waals surface area contributed by atoms with Crippen molar-refractivity contribution in [2.75, 3.05) is 24.5 Å². The van der Waals surface area contributed by atoms with Crippen molar-refractivity contribution in [3.63, 3.8) is 0 Å². The normalized spacial score (nSPS) is 18.5. The molecule has 2 aliphatic rings. The quantitative estimate of drug-likeness (QED) is 0.763. The molecule has 0 bridgehead atoms. The van der Waals surface area contributed by atoms with Gasteiger partial charge >= 0.3 is 0 Å². The fraction of sp³-hybridized carbons (Fsp3) is 0.444. The van der Waals surface area contributed by atoms with Crippen LogP contribution in [-0.4, -0.2) is 35.4 Å². The van der Waals surface area contributed by atoms with Gasteiger partial charge in [-0.3, -0.25) is 4.79 Å². The maximum Gasteiger partial charge on any atom is 0.226 e. The molecule has 0 aliphatic carbocycles. The minimum atomic E-state index is 0.164. The number of rotatable bonds is 2. The lowest BCUT2D eigenvalue weighted by molar-refractivity contribution is -0.137. The van der Waals surface area contributed by atoms with Crippen LogP contribution >= 0.6 is 27.3 Å². The zero-order valence-electron chi connectivity index (χ0n) is 13.4. The van der Waals surface area contributed by atoms with E-state index in [0.717, 1.165) is 55.7 Å². The maximum absolute atomic E-state index is 12.9. The van der Waals surface area contributed by atoms with Crippen molar-refractivity contribution in [1.29, 1.82) is 0 Å². The number of aromatic nitrogens is 1. The number of fused-ring (bicyclic) bond motifs is 1. The Morgan fingerprint density at radius 1 is 1.21 bits per heavy atom. The van der Waals surface area contributed by atoms with Crippen LogP contribution in [0.3, 0.4) is 0 Å². The Balaban J connectivity index is 1.36. The van der Waals surface area contributed by atoms with Gasteiger partial charge in [-0.05, 0) is 64.3 Å². The highest BCUT2D eigenvalue weighted by molar-refractivity contribution is 9.10. The van der Waals surface area contributed by atoms with Crippen LogP contribution in [0.2, 0.25) is 0 Å². The van der Waals surface area contributed by atoms with Crippen LogP contribution in [0, 0.1) is 5.92 Å². The number of pyridine rings is 1. The summed E-state index contributed by atoms with van der Waals surface area (Å²) in [6.45, 7) is 3.48. The molecule has 4 nitrogen and oxygen atoms in total. The van der Waals surface area contributed by atoms with Crippen molar-refractivity contribution in [2.45, 2.75) is 25.8 Å². The van der Waals surface area contributed by atoms with E-state index in [2.05, 4.69) is 42.2 Å². The first-order valence-electron chi connectivity index (χ1n) is 8.41. The summed E-state index contributed by atoms with van der Waals surface area (Å²) in [6.07, 6.45) is 4.69. The summed E-state index contributed by atoms with van der Waals surface area (Å²) in [6, 6.07) is 6.22. The second-order valence-corrected chi connectivity index (χ2v) is 8.39. The Bertz CT molecular complexity index is 722. The number of anilines is 1. The highest BCUT2D eigenvalue weighted by Crippen LogP contribution is 2.28. The topological polar surface area (TPSA) is 36.4 Å². The van der Waals surface area contributed by atoms with Crippen molar-refractivity contribution in [1.82, 2.24) is 9.88 Å². The van der Waals surface area contributed by atoms with Crippen LogP contribution in [0.25, 0.3) is 0 Å². The van der Waals surface area contributed by atoms with Crippen molar-refractivity contribution in [3.8, 4) is 0 Å². The van der Waals surface area contributed by atoms with Crippen LogP contribution in [0.4, 0.5) is 5.82 Å². The molecule has 24 heavy (non-hydrogen) atoms. The van der Waals surface area contributed by atoms with Crippen LogP contribution in [-0.2, 0) is 17.8 Å². The second-order valence-electron chi connectivity index (χ2n) is 6.47. The minimum Gasteiger partial charge on any atom is -0.357 e. The molecular formula is C18H20BrN3OS. The molecule has 6 heteroatoms. The van der Waals surface area contributed by atoms with E-state index in [0.29, 0.717) is 5.91 Å². The van der Waals surface area contributed by atoms with Gasteiger partial charge < -0.3 is 9.80 Å². The van der Waals surface area contributed by atoms with Gasteiger partial charge in [-0.15, -0.1) is 11.3 Å². The smallest absolute Gasteiger partial charge is 0.226 e. The predicted octanol–water partition coefficient (Wildman–Crippen LogP) is 3.71. The molecule has 0 unspecified atom stereocenters. The third-order valence-electron chi connectivity index (χ3n) is 5.00. The van der Waals surface area contributed by atoms with E-state index >= 15 is 0 Å². The zero-order chi connectivity index (χ0) is 16.5.